The Bertz CT molecular complexity index is 563. The van der Waals surface area contributed by atoms with Crippen LogP contribution in [-0.2, 0) is 29.2 Å². The van der Waals surface area contributed by atoms with E-state index < -0.39 is 0 Å². The average Bonchev–Trinajstić information content (AvgIpc) is 3.05. The maximum atomic E-state index is 11.8. The number of aromatic nitrogens is 5. The van der Waals surface area contributed by atoms with Crippen molar-refractivity contribution in [2.75, 3.05) is 19.0 Å². The standard InChI is InChI=1S/C11H17N7O2/c1-20-3-2-17-7-10(5-13-17)14-11(19)8-18-6-9(4-12)15-16-18/h5-7H,2-4,8,12H2,1H3,(H,14,19). The number of hydrogen-bond acceptors (Lipinski definition) is 6. The molecule has 0 aromatic carbocycles. The molecule has 0 aliphatic carbocycles. The molecule has 20 heavy (non-hydrogen) atoms. The third-order valence-electron chi connectivity index (χ3n) is 2.54. The van der Waals surface area contributed by atoms with E-state index in [1.54, 1.807) is 30.4 Å². The Morgan fingerprint density at radius 2 is 2.30 bits per heavy atom. The second-order valence-corrected chi connectivity index (χ2v) is 4.14. The van der Waals surface area contributed by atoms with E-state index in [2.05, 4.69) is 20.7 Å². The molecule has 9 nitrogen and oxygen atoms in total. The highest BCUT2D eigenvalue weighted by Crippen LogP contribution is 2.05. The van der Waals surface area contributed by atoms with E-state index in [1.165, 1.54) is 4.68 Å². The van der Waals surface area contributed by atoms with Gasteiger partial charge in [0.15, 0.2) is 0 Å². The lowest BCUT2D eigenvalue weighted by atomic mass is 10.4. The van der Waals surface area contributed by atoms with Crippen LogP contribution in [0, 0.1) is 0 Å². The molecule has 2 aromatic heterocycles. The topological polar surface area (TPSA) is 113 Å². The molecule has 0 aliphatic rings. The number of anilines is 1. The third kappa shape index (κ3) is 3.87. The largest absolute Gasteiger partial charge is 0.383 e. The minimum atomic E-state index is -0.204. The molecule has 0 saturated heterocycles. The van der Waals surface area contributed by atoms with E-state index in [-0.39, 0.29) is 12.5 Å². The molecule has 3 N–H and O–H groups in total. The van der Waals surface area contributed by atoms with Crippen LogP contribution in [0.5, 0.6) is 0 Å². The first-order valence-corrected chi connectivity index (χ1v) is 6.11. The van der Waals surface area contributed by atoms with Crippen LogP contribution in [0.4, 0.5) is 5.69 Å². The molecule has 0 radical (unpaired) electrons. The summed E-state index contributed by atoms with van der Waals surface area (Å²) >= 11 is 0. The highest BCUT2D eigenvalue weighted by Gasteiger charge is 2.07. The number of ether oxygens (including phenoxy) is 1. The molecule has 2 aromatic rings. The van der Waals surface area contributed by atoms with Gasteiger partial charge in [-0.25, -0.2) is 4.68 Å². The molecule has 1 amide bonds. The first-order chi connectivity index (χ1) is 9.71. The van der Waals surface area contributed by atoms with Gasteiger partial charge in [0, 0.05) is 19.9 Å². The number of methoxy groups -OCH3 is 1. The molecular formula is C11H17N7O2. The Morgan fingerprint density at radius 1 is 1.45 bits per heavy atom. The molecule has 0 aliphatic heterocycles. The number of nitrogens with one attached hydrogen (secondary N) is 1. The van der Waals surface area contributed by atoms with Gasteiger partial charge in [0.1, 0.15) is 6.54 Å². The van der Waals surface area contributed by atoms with Crippen LogP contribution in [0.3, 0.4) is 0 Å². The number of hydrogen-bond donors (Lipinski definition) is 2. The Balaban J connectivity index is 1.86. The number of rotatable bonds is 7. The summed E-state index contributed by atoms with van der Waals surface area (Å²) in [5.41, 5.74) is 6.70. The zero-order valence-corrected chi connectivity index (χ0v) is 11.2. The fourth-order valence-corrected chi connectivity index (χ4v) is 1.59. The van der Waals surface area contributed by atoms with Gasteiger partial charge in [-0.1, -0.05) is 5.21 Å². The van der Waals surface area contributed by atoms with Crippen molar-refractivity contribution in [2.24, 2.45) is 5.73 Å². The second kappa shape index (κ2) is 6.78. The third-order valence-corrected chi connectivity index (χ3v) is 2.54. The molecule has 0 saturated carbocycles. The zero-order chi connectivity index (χ0) is 14.4. The van der Waals surface area contributed by atoms with Gasteiger partial charge in [0.2, 0.25) is 5.91 Å². The molecule has 108 valence electrons. The summed E-state index contributed by atoms with van der Waals surface area (Å²) in [6.07, 6.45) is 4.96. The Hall–Kier alpha value is -2.26. The number of amides is 1. The molecule has 2 heterocycles. The predicted molar refractivity (Wildman–Crippen MR) is 70.6 cm³/mol. The maximum Gasteiger partial charge on any atom is 0.246 e. The summed E-state index contributed by atoms with van der Waals surface area (Å²) < 4.78 is 8.08. The van der Waals surface area contributed by atoms with Crippen molar-refractivity contribution in [3.8, 4) is 0 Å². The van der Waals surface area contributed by atoms with Crippen LogP contribution in [0.15, 0.2) is 18.6 Å². The van der Waals surface area contributed by atoms with Crippen LogP contribution in [0.25, 0.3) is 0 Å². The van der Waals surface area contributed by atoms with Crippen LogP contribution in [-0.4, -0.2) is 44.4 Å². The van der Waals surface area contributed by atoms with Crippen LogP contribution in [0.2, 0.25) is 0 Å². The molecule has 0 fully saturated rings. The molecule has 0 bridgehead atoms. The summed E-state index contributed by atoms with van der Waals surface area (Å²) in [6.45, 7) is 1.58. The second-order valence-electron chi connectivity index (χ2n) is 4.14. The summed E-state index contributed by atoms with van der Waals surface area (Å²) in [4.78, 5) is 11.8. The smallest absolute Gasteiger partial charge is 0.246 e. The van der Waals surface area contributed by atoms with E-state index in [1.807, 2.05) is 0 Å². The summed E-state index contributed by atoms with van der Waals surface area (Å²) in [5.74, 6) is -0.204. The van der Waals surface area contributed by atoms with Crippen molar-refractivity contribution in [3.63, 3.8) is 0 Å². The summed E-state index contributed by atoms with van der Waals surface area (Å²) in [7, 11) is 1.62. The minimum Gasteiger partial charge on any atom is -0.383 e. The first kappa shape index (κ1) is 14.2. The quantitative estimate of drug-likeness (QED) is 0.687. The molecule has 2 rings (SSSR count). The van der Waals surface area contributed by atoms with Crippen LogP contribution in [0.1, 0.15) is 5.69 Å². The highest BCUT2D eigenvalue weighted by atomic mass is 16.5. The molecule has 0 unspecified atom stereocenters. The van der Waals surface area contributed by atoms with Gasteiger partial charge in [-0.3, -0.25) is 9.48 Å². The van der Waals surface area contributed by atoms with Crippen LogP contribution < -0.4 is 11.1 Å². The molecule has 9 heteroatoms. The van der Waals surface area contributed by atoms with Crippen molar-refractivity contribution in [1.29, 1.82) is 0 Å². The maximum absolute atomic E-state index is 11.8. The monoisotopic (exact) mass is 279 g/mol. The van der Waals surface area contributed by atoms with E-state index in [9.17, 15) is 4.79 Å². The van der Waals surface area contributed by atoms with Gasteiger partial charge in [0.05, 0.1) is 36.9 Å². The van der Waals surface area contributed by atoms with Gasteiger partial charge >= 0.3 is 0 Å². The Morgan fingerprint density at radius 3 is 3.00 bits per heavy atom. The average molecular weight is 279 g/mol. The van der Waals surface area contributed by atoms with E-state index in [0.29, 0.717) is 31.1 Å². The number of nitrogens with two attached hydrogens (primary N) is 1. The first-order valence-electron chi connectivity index (χ1n) is 6.11. The summed E-state index contributed by atoms with van der Waals surface area (Å²) in [6, 6.07) is 0. The van der Waals surface area contributed by atoms with Gasteiger partial charge < -0.3 is 15.8 Å². The SMILES string of the molecule is COCCn1cc(NC(=O)Cn2cc(CN)nn2)cn1. The summed E-state index contributed by atoms with van der Waals surface area (Å²) in [5, 5.41) is 14.4. The van der Waals surface area contributed by atoms with Gasteiger partial charge in [-0.05, 0) is 0 Å². The lowest BCUT2D eigenvalue weighted by Crippen LogP contribution is -2.19. The molecular weight excluding hydrogens is 262 g/mol. The lowest BCUT2D eigenvalue weighted by molar-refractivity contribution is -0.116. The van der Waals surface area contributed by atoms with Gasteiger partial charge in [-0.15, -0.1) is 5.10 Å². The van der Waals surface area contributed by atoms with Crippen molar-refractivity contribution in [2.45, 2.75) is 19.6 Å². The van der Waals surface area contributed by atoms with Crippen molar-refractivity contribution in [3.05, 3.63) is 24.3 Å². The van der Waals surface area contributed by atoms with Crippen molar-refractivity contribution >= 4 is 11.6 Å². The van der Waals surface area contributed by atoms with Crippen LogP contribution >= 0.6 is 0 Å². The number of carbonyl (C=O) groups is 1. The predicted octanol–water partition coefficient (Wildman–Crippen LogP) is -0.782. The van der Waals surface area contributed by atoms with E-state index in [4.69, 9.17) is 10.5 Å². The number of carbonyl (C=O) groups excluding carboxylic acids is 1. The molecule has 0 spiro atoms. The van der Waals surface area contributed by atoms with Crippen molar-refractivity contribution in [1.82, 2.24) is 24.8 Å². The van der Waals surface area contributed by atoms with E-state index in [0.717, 1.165) is 0 Å². The van der Waals surface area contributed by atoms with Gasteiger partial charge in [0.25, 0.3) is 0 Å². The Kier molecular flexibility index (Phi) is 4.80. The Labute approximate surface area is 115 Å². The molecule has 0 atom stereocenters. The number of nitrogens with zero attached hydrogens (tertiary/aromatic N) is 5. The normalized spacial score (nSPS) is 10.7. The fourth-order valence-electron chi connectivity index (χ4n) is 1.59. The van der Waals surface area contributed by atoms with Gasteiger partial charge in [-0.2, -0.15) is 5.10 Å². The van der Waals surface area contributed by atoms with E-state index >= 15 is 0 Å². The zero-order valence-electron chi connectivity index (χ0n) is 11.2. The lowest BCUT2D eigenvalue weighted by Gasteiger charge is -2.02. The minimum absolute atomic E-state index is 0.0796. The van der Waals surface area contributed by atoms with Crippen molar-refractivity contribution < 1.29 is 9.53 Å². The highest BCUT2D eigenvalue weighted by molar-refractivity contribution is 5.90. The fraction of sp³-hybridized carbons (Fsp3) is 0.455.